The van der Waals surface area contributed by atoms with Crippen molar-refractivity contribution in [3.05, 3.63) is 52.8 Å². The van der Waals surface area contributed by atoms with Gasteiger partial charge >= 0.3 is 0 Å². The highest BCUT2D eigenvalue weighted by Crippen LogP contribution is 2.19. The van der Waals surface area contributed by atoms with Crippen LogP contribution in [0.25, 0.3) is 0 Å². The third kappa shape index (κ3) is 4.61. The number of hydrogen-bond acceptors (Lipinski definition) is 3. The normalized spacial score (nSPS) is 17.7. The number of aromatic amines is 1. The monoisotopic (exact) mass is 382 g/mol. The smallest absolute Gasteiger partial charge is 0.224 e. The van der Waals surface area contributed by atoms with Crippen LogP contribution in [0.1, 0.15) is 48.7 Å². The van der Waals surface area contributed by atoms with Crippen LogP contribution in [-0.4, -0.2) is 50.9 Å². The lowest BCUT2D eigenvalue weighted by atomic mass is 10.1. The van der Waals surface area contributed by atoms with Crippen LogP contribution in [0, 0.1) is 13.8 Å². The Bertz CT molecular complexity index is 796. The summed E-state index contributed by atoms with van der Waals surface area (Å²) in [4.78, 5) is 29.5. The van der Waals surface area contributed by atoms with Gasteiger partial charge in [0.1, 0.15) is 0 Å². The van der Waals surface area contributed by atoms with Gasteiger partial charge in [-0.2, -0.15) is 5.10 Å². The fourth-order valence-electron chi connectivity index (χ4n) is 3.93. The number of H-pyrrole nitrogens is 1. The summed E-state index contributed by atoms with van der Waals surface area (Å²) in [5, 5.41) is 7.18. The quantitative estimate of drug-likeness (QED) is 0.835. The van der Waals surface area contributed by atoms with Gasteiger partial charge in [-0.25, -0.2) is 0 Å². The number of benzene rings is 1. The Kier molecular flexibility index (Phi) is 6.49. The second-order valence-corrected chi connectivity index (χ2v) is 7.57. The second kappa shape index (κ2) is 9.04. The van der Waals surface area contributed by atoms with Crippen LogP contribution >= 0.6 is 0 Å². The SMILES string of the molecule is CC[C@H]1CN(C(=O)CCc2c(C)n[nH]c2C)CCC(=O)N1Cc1ccccc1. The summed E-state index contributed by atoms with van der Waals surface area (Å²) in [6, 6.07) is 10.1. The number of carbonyl (C=O) groups is 2. The van der Waals surface area contributed by atoms with E-state index in [-0.39, 0.29) is 17.9 Å². The van der Waals surface area contributed by atoms with Gasteiger partial charge in [0.05, 0.1) is 5.69 Å². The van der Waals surface area contributed by atoms with Crippen molar-refractivity contribution >= 4 is 11.8 Å². The van der Waals surface area contributed by atoms with Gasteiger partial charge < -0.3 is 9.80 Å². The third-order valence-electron chi connectivity index (χ3n) is 5.68. The topological polar surface area (TPSA) is 69.3 Å². The molecule has 2 amide bonds. The minimum atomic E-state index is 0.0524. The average molecular weight is 383 g/mol. The van der Waals surface area contributed by atoms with Gasteiger partial charge in [0, 0.05) is 44.2 Å². The molecule has 0 spiro atoms. The van der Waals surface area contributed by atoms with E-state index in [1.807, 2.05) is 54.0 Å². The van der Waals surface area contributed by atoms with Crippen molar-refractivity contribution in [2.45, 2.75) is 59.0 Å². The van der Waals surface area contributed by atoms with Crippen LogP contribution in [0.5, 0.6) is 0 Å². The average Bonchev–Trinajstić information content (AvgIpc) is 2.93. The molecule has 1 aliphatic rings. The summed E-state index contributed by atoms with van der Waals surface area (Å²) in [6.07, 6.45) is 2.35. The molecule has 1 aromatic carbocycles. The summed E-state index contributed by atoms with van der Waals surface area (Å²) in [6.45, 7) is 7.75. The first kappa shape index (κ1) is 20.1. The van der Waals surface area contributed by atoms with Crippen LogP contribution in [0.15, 0.2) is 30.3 Å². The van der Waals surface area contributed by atoms with Crippen molar-refractivity contribution in [2.75, 3.05) is 13.1 Å². The molecule has 150 valence electrons. The summed E-state index contributed by atoms with van der Waals surface area (Å²) in [5.41, 5.74) is 4.23. The molecule has 0 bridgehead atoms. The fourth-order valence-corrected chi connectivity index (χ4v) is 3.93. The van der Waals surface area contributed by atoms with Crippen LogP contribution in [0.3, 0.4) is 0 Å². The lowest BCUT2D eigenvalue weighted by molar-refractivity contribution is -0.133. The zero-order valence-electron chi connectivity index (χ0n) is 17.1. The van der Waals surface area contributed by atoms with E-state index in [1.165, 1.54) is 0 Å². The minimum absolute atomic E-state index is 0.0524. The van der Waals surface area contributed by atoms with Gasteiger partial charge in [-0.1, -0.05) is 37.3 Å². The number of aromatic nitrogens is 2. The number of nitrogens with zero attached hydrogens (tertiary/aromatic N) is 3. The van der Waals surface area contributed by atoms with E-state index >= 15 is 0 Å². The Morgan fingerprint density at radius 1 is 1.25 bits per heavy atom. The molecule has 3 rings (SSSR count). The number of aryl methyl sites for hydroxylation is 2. The number of rotatable bonds is 6. The van der Waals surface area contributed by atoms with Crippen molar-refractivity contribution in [1.82, 2.24) is 20.0 Å². The molecule has 1 aromatic heterocycles. The van der Waals surface area contributed by atoms with Gasteiger partial charge in [0.25, 0.3) is 0 Å². The Hall–Kier alpha value is -2.63. The van der Waals surface area contributed by atoms with E-state index in [0.717, 1.165) is 28.9 Å². The van der Waals surface area contributed by atoms with Gasteiger partial charge in [-0.05, 0) is 37.8 Å². The van der Waals surface area contributed by atoms with E-state index in [9.17, 15) is 9.59 Å². The molecule has 2 heterocycles. The standard InChI is InChI=1S/C22H30N4O2/c1-4-19-15-25(21(27)11-10-20-16(2)23-24-17(20)3)13-12-22(28)26(19)14-18-8-6-5-7-9-18/h5-9,19H,4,10-15H2,1-3H3,(H,23,24)/t19-/m0/s1. The molecule has 1 N–H and O–H groups in total. The van der Waals surface area contributed by atoms with Crippen LogP contribution in [0.2, 0.25) is 0 Å². The number of carbonyl (C=O) groups excluding carboxylic acids is 2. The first-order chi connectivity index (χ1) is 13.5. The molecule has 1 fully saturated rings. The van der Waals surface area contributed by atoms with Gasteiger partial charge in [0.2, 0.25) is 11.8 Å². The van der Waals surface area contributed by atoms with Gasteiger partial charge in [0.15, 0.2) is 0 Å². The number of amides is 2. The molecule has 0 saturated carbocycles. The summed E-state index contributed by atoms with van der Waals surface area (Å²) in [5.74, 6) is 0.250. The zero-order chi connectivity index (χ0) is 20.1. The Morgan fingerprint density at radius 3 is 2.64 bits per heavy atom. The van der Waals surface area contributed by atoms with E-state index in [1.54, 1.807) is 0 Å². The van der Waals surface area contributed by atoms with Crippen LogP contribution in [-0.2, 0) is 22.6 Å². The maximum absolute atomic E-state index is 12.9. The highest BCUT2D eigenvalue weighted by atomic mass is 16.2. The molecular formula is C22H30N4O2. The molecular weight excluding hydrogens is 352 g/mol. The lowest BCUT2D eigenvalue weighted by Crippen LogP contribution is -2.43. The van der Waals surface area contributed by atoms with Crippen molar-refractivity contribution < 1.29 is 9.59 Å². The number of nitrogens with one attached hydrogen (secondary N) is 1. The maximum Gasteiger partial charge on any atom is 0.224 e. The van der Waals surface area contributed by atoms with Crippen LogP contribution in [0.4, 0.5) is 0 Å². The highest BCUT2D eigenvalue weighted by molar-refractivity contribution is 5.80. The Balaban J connectivity index is 1.65. The van der Waals surface area contributed by atoms with E-state index < -0.39 is 0 Å². The molecule has 6 nitrogen and oxygen atoms in total. The molecule has 2 aromatic rings. The molecule has 6 heteroatoms. The van der Waals surface area contributed by atoms with Gasteiger partial charge in [-0.15, -0.1) is 0 Å². The molecule has 0 unspecified atom stereocenters. The van der Waals surface area contributed by atoms with Crippen molar-refractivity contribution in [3.8, 4) is 0 Å². The molecule has 0 radical (unpaired) electrons. The molecule has 1 atom stereocenters. The highest BCUT2D eigenvalue weighted by Gasteiger charge is 2.30. The van der Waals surface area contributed by atoms with Crippen LogP contribution < -0.4 is 0 Å². The molecule has 28 heavy (non-hydrogen) atoms. The number of hydrogen-bond donors (Lipinski definition) is 1. The first-order valence-corrected chi connectivity index (χ1v) is 10.1. The first-order valence-electron chi connectivity index (χ1n) is 10.1. The van der Waals surface area contributed by atoms with Crippen molar-refractivity contribution in [3.63, 3.8) is 0 Å². The van der Waals surface area contributed by atoms with E-state index in [2.05, 4.69) is 17.1 Å². The predicted octanol–water partition coefficient (Wildman–Crippen LogP) is 3.00. The van der Waals surface area contributed by atoms with E-state index in [0.29, 0.717) is 38.9 Å². The fraction of sp³-hybridized carbons (Fsp3) is 0.500. The maximum atomic E-state index is 12.9. The molecule has 1 saturated heterocycles. The minimum Gasteiger partial charge on any atom is -0.340 e. The van der Waals surface area contributed by atoms with Crippen molar-refractivity contribution in [2.24, 2.45) is 0 Å². The largest absolute Gasteiger partial charge is 0.340 e. The molecule has 0 aliphatic carbocycles. The second-order valence-electron chi connectivity index (χ2n) is 7.57. The Morgan fingerprint density at radius 2 is 2.00 bits per heavy atom. The van der Waals surface area contributed by atoms with E-state index in [4.69, 9.17) is 0 Å². The Labute approximate surface area is 166 Å². The van der Waals surface area contributed by atoms with Gasteiger partial charge in [-0.3, -0.25) is 14.7 Å². The summed E-state index contributed by atoms with van der Waals surface area (Å²) >= 11 is 0. The lowest BCUT2D eigenvalue weighted by Gasteiger charge is -2.31. The third-order valence-corrected chi connectivity index (χ3v) is 5.68. The predicted molar refractivity (Wildman–Crippen MR) is 109 cm³/mol. The van der Waals surface area contributed by atoms with Crippen molar-refractivity contribution in [1.29, 1.82) is 0 Å². The summed E-state index contributed by atoms with van der Waals surface area (Å²) < 4.78 is 0. The molecule has 1 aliphatic heterocycles. The summed E-state index contributed by atoms with van der Waals surface area (Å²) in [7, 11) is 0. The zero-order valence-corrected chi connectivity index (χ0v) is 17.1.